The SMILES string of the molecule is Cc1ccc(-c2c(C)sc3nc(CSc4nc5sc(C)c(-c6cccc(Cl)c6)c5c(=O)n4Cc4ccccc4)[nH]c(=O)c23)cc1. The number of aryl methyl sites for hydroxylation is 3. The molecule has 0 fully saturated rings. The van der Waals surface area contributed by atoms with Gasteiger partial charge in [0.25, 0.3) is 11.1 Å². The summed E-state index contributed by atoms with van der Waals surface area (Å²) in [7, 11) is 0. The van der Waals surface area contributed by atoms with Gasteiger partial charge in [0.05, 0.1) is 23.1 Å². The first kappa shape index (κ1) is 29.7. The summed E-state index contributed by atoms with van der Waals surface area (Å²) in [6.45, 7) is 6.44. The Hall–Kier alpha value is -4.02. The van der Waals surface area contributed by atoms with Crippen molar-refractivity contribution in [3.05, 3.63) is 131 Å². The second kappa shape index (κ2) is 12.1. The molecule has 0 aliphatic rings. The van der Waals surface area contributed by atoms with Crippen LogP contribution in [0.15, 0.2) is 93.6 Å². The number of thiophene rings is 2. The summed E-state index contributed by atoms with van der Waals surface area (Å²) in [6, 6.07) is 25.6. The van der Waals surface area contributed by atoms with E-state index < -0.39 is 0 Å². The quantitative estimate of drug-likeness (QED) is 0.136. The van der Waals surface area contributed by atoms with E-state index in [4.69, 9.17) is 21.6 Å². The van der Waals surface area contributed by atoms with E-state index in [9.17, 15) is 9.59 Å². The Bertz CT molecular complexity index is 2340. The lowest BCUT2D eigenvalue weighted by Crippen LogP contribution is -2.24. The van der Waals surface area contributed by atoms with Crippen LogP contribution in [0.2, 0.25) is 5.02 Å². The molecule has 0 bridgehead atoms. The van der Waals surface area contributed by atoms with Crippen molar-refractivity contribution in [3.63, 3.8) is 0 Å². The number of benzene rings is 3. The van der Waals surface area contributed by atoms with Gasteiger partial charge in [0.1, 0.15) is 15.5 Å². The lowest BCUT2D eigenvalue weighted by atomic mass is 10.0. The fraction of sp³-hybridized carbons (Fsp3) is 0.143. The van der Waals surface area contributed by atoms with Crippen molar-refractivity contribution in [2.24, 2.45) is 0 Å². The number of aromatic amines is 1. The summed E-state index contributed by atoms with van der Waals surface area (Å²) in [5.41, 5.74) is 5.56. The van der Waals surface area contributed by atoms with Crippen LogP contribution in [-0.4, -0.2) is 19.5 Å². The van der Waals surface area contributed by atoms with Gasteiger partial charge in [-0.1, -0.05) is 95.7 Å². The summed E-state index contributed by atoms with van der Waals surface area (Å²) >= 11 is 10.8. The first-order valence-electron chi connectivity index (χ1n) is 14.3. The Kier molecular flexibility index (Phi) is 7.95. The number of thioether (sulfide) groups is 1. The Balaban J connectivity index is 1.30. The Morgan fingerprint density at radius 1 is 0.800 bits per heavy atom. The van der Waals surface area contributed by atoms with Crippen LogP contribution in [0.25, 0.3) is 42.7 Å². The average Bonchev–Trinajstić information content (AvgIpc) is 3.54. The molecule has 10 heteroatoms. The standard InChI is InChI=1S/C35H27ClN4O2S3/c1-19-12-14-23(15-13-19)27-20(2)44-32-29(27)31(41)37-26(38-32)18-43-35-39-33-30(34(42)40(35)17-22-8-5-4-6-9-22)28(21(3)45-33)24-10-7-11-25(36)16-24/h4-16H,17-18H2,1-3H3,(H,37,38,41). The fourth-order valence-corrected chi connectivity index (χ4v) is 8.83. The fourth-order valence-electron chi connectivity index (χ4n) is 5.62. The minimum absolute atomic E-state index is 0.112. The molecule has 0 aliphatic carbocycles. The number of nitrogens with zero attached hydrogens (tertiary/aromatic N) is 3. The molecule has 0 spiro atoms. The predicted molar refractivity (Wildman–Crippen MR) is 189 cm³/mol. The van der Waals surface area contributed by atoms with Crippen LogP contribution in [0, 0.1) is 20.8 Å². The maximum Gasteiger partial charge on any atom is 0.263 e. The highest BCUT2D eigenvalue weighted by Gasteiger charge is 2.22. The second-order valence-corrected chi connectivity index (χ2v) is 14.7. The van der Waals surface area contributed by atoms with Gasteiger partial charge in [0.2, 0.25) is 0 Å². The van der Waals surface area contributed by atoms with E-state index >= 15 is 0 Å². The molecule has 7 rings (SSSR count). The summed E-state index contributed by atoms with van der Waals surface area (Å²) in [6.07, 6.45) is 0. The van der Waals surface area contributed by atoms with Crippen LogP contribution < -0.4 is 11.1 Å². The Morgan fingerprint density at radius 3 is 2.20 bits per heavy atom. The van der Waals surface area contributed by atoms with E-state index in [1.807, 2.05) is 87.5 Å². The van der Waals surface area contributed by atoms with E-state index in [-0.39, 0.29) is 11.1 Å². The first-order chi connectivity index (χ1) is 21.8. The number of hydrogen-bond donors (Lipinski definition) is 1. The van der Waals surface area contributed by atoms with Crippen molar-refractivity contribution < 1.29 is 0 Å². The van der Waals surface area contributed by atoms with Crippen molar-refractivity contribution in [1.82, 2.24) is 19.5 Å². The number of rotatable bonds is 7. The van der Waals surface area contributed by atoms with Gasteiger partial charge in [-0.15, -0.1) is 22.7 Å². The molecule has 7 aromatic rings. The van der Waals surface area contributed by atoms with Crippen molar-refractivity contribution in [3.8, 4) is 22.3 Å². The van der Waals surface area contributed by atoms with Crippen LogP contribution in [-0.2, 0) is 12.3 Å². The smallest absolute Gasteiger partial charge is 0.263 e. The molecule has 0 atom stereocenters. The van der Waals surface area contributed by atoms with Crippen molar-refractivity contribution >= 4 is 66.5 Å². The number of aromatic nitrogens is 4. The zero-order valence-electron chi connectivity index (χ0n) is 24.7. The van der Waals surface area contributed by atoms with Crippen LogP contribution in [0.4, 0.5) is 0 Å². The van der Waals surface area contributed by atoms with Gasteiger partial charge in [-0.3, -0.25) is 14.2 Å². The summed E-state index contributed by atoms with van der Waals surface area (Å²) in [5, 5.41) is 2.38. The normalized spacial score (nSPS) is 11.6. The number of H-pyrrole nitrogens is 1. The molecule has 224 valence electrons. The van der Waals surface area contributed by atoms with E-state index in [1.165, 1.54) is 40.0 Å². The molecular weight excluding hydrogens is 640 g/mol. The average molecular weight is 667 g/mol. The number of fused-ring (bicyclic) bond motifs is 2. The topological polar surface area (TPSA) is 80.6 Å². The molecule has 0 unspecified atom stereocenters. The maximum atomic E-state index is 14.3. The number of nitrogens with one attached hydrogen (secondary N) is 1. The summed E-state index contributed by atoms with van der Waals surface area (Å²) in [5.74, 6) is 0.886. The van der Waals surface area contributed by atoms with Gasteiger partial charge >= 0.3 is 0 Å². The predicted octanol–water partition coefficient (Wildman–Crippen LogP) is 9.01. The Morgan fingerprint density at radius 2 is 1.49 bits per heavy atom. The van der Waals surface area contributed by atoms with Gasteiger partial charge in [-0.05, 0) is 49.6 Å². The number of hydrogen-bond acceptors (Lipinski definition) is 7. The zero-order chi connectivity index (χ0) is 31.2. The second-order valence-electron chi connectivity index (χ2n) is 10.9. The highest BCUT2D eigenvalue weighted by atomic mass is 35.5. The van der Waals surface area contributed by atoms with Crippen LogP contribution in [0.3, 0.4) is 0 Å². The summed E-state index contributed by atoms with van der Waals surface area (Å²) in [4.78, 5) is 44.0. The zero-order valence-corrected chi connectivity index (χ0v) is 27.9. The maximum absolute atomic E-state index is 14.3. The van der Waals surface area contributed by atoms with Gasteiger partial charge in [-0.2, -0.15) is 0 Å². The lowest BCUT2D eigenvalue weighted by molar-refractivity contribution is 0.659. The molecule has 1 N–H and O–H groups in total. The third-order valence-corrected chi connectivity index (χ3v) is 10.9. The monoisotopic (exact) mass is 666 g/mol. The van der Waals surface area contributed by atoms with Crippen molar-refractivity contribution in [2.45, 2.75) is 38.2 Å². The van der Waals surface area contributed by atoms with Crippen molar-refractivity contribution in [1.29, 1.82) is 0 Å². The van der Waals surface area contributed by atoms with Crippen molar-refractivity contribution in [2.75, 3.05) is 0 Å². The molecule has 3 aromatic carbocycles. The molecular formula is C35H27ClN4O2S3. The summed E-state index contributed by atoms with van der Waals surface area (Å²) < 4.78 is 1.73. The van der Waals surface area contributed by atoms with E-state index in [0.717, 1.165) is 37.6 Å². The molecule has 4 aromatic heterocycles. The Labute approximate surface area is 276 Å². The third-order valence-electron chi connectivity index (χ3n) is 7.71. The highest BCUT2D eigenvalue weighted by Crippen LogP contribution is 2.38. The van der Waals surface area contributed by atoms with Crippen LogP contribution in [0.1, 0.15) is 26.7 Å². The molecule has 0 amide bonds. The third kappa shape index (κ3) is 5.66. The molecule has 0 aliphatic heterocycles. The molecule has 0 saturated heterocycles. The van der Waals surface area contributed by atoms with Crippen LogP contribution in [0.5, 0.6) is 0 Å². The lowest BCUT2D eigenvalue weighted by Gasteiger charge is -2.13. The van der Waals surface area contributed by atoms with Gasteiger partial charge < -0.3 is 4.98 Å². The molecule has 4 heterocycles. The largest absolute Gasteiger partial charge is 0.309 e. The highest BCUT2D eigenvalue weighted by molar-refractivity contribution is 7.98. The van der Waals surface area contributed by atoms with Crippen LogP contribution >= 0.6 is 46.0 Å². The molecule has 6 nitrogen and oxygen atoms in total. The van der Waals surface area contributed by atoms with E-state index in [0.29, 0.717) is 48.7 Å². The minimum Gasteiger partial charge on any atom is -0.309 e. The van der Waals surface area contributed by atoms with Gasteiger partial charge in [-0.25, -0.2) is 9.97 Å². The van der Waals surface area contributed by atoms with Gasteiger partial charge in [0.15, 0.2) is 5.16 Å². The van der Waals surface area contributed by atoms with Gasteiger partial charge in [0, 0.05) is 25.9 Å². The number of halogens is 1. The van der Waals surface area contributed by atoms with E-state index in [2.05, 4.69) is 17.1 Å². The van der Waals surface area contributed by atoms with E-state index in [1.54, 1.807) is 4.57 Å². The first-order valence-corrected chi connectivity index (χ1v) is 17.3. The molecule has 45 heavy (non-hydrogen) atoms. The minimum atomic E-state index is -0.166. The molecule has 0 saturated carbocycles. The molecule has 0 radical (unpaired) electrons.